The number of rotatable bonds is 7. The molecule has 1 aromatic heterocycles. The quantitative estimate of drug-likeness (QED) is 0.652. The van der Waals surface area contributed by atoms with Gasteiger partial charge in [0.05, 0.1) is 30.2 Å². The highest BCUT2D eigenvalue weighted by atomic mass is 32.2. The summed E-state index contributed by atoms with van der Waals surface area (Å²) in [4.78, 5) is 19.8. The largest absolute Gasteiger partial charge is 0.379 e. The van der Waals surface area contributed by atoms with Gasteiger partial charge in [-0.25, -0.2) is 17.8 Å². The number of hydrogen-bond acceptors (Lipinski definition) is 7. The monoisotopic (exact) mass is 482 g/mol. The molecule has 1 aromatic carbocycles. The van der Waals surface area contributed by atoms with Gasteiger partial charge < -0.3 is 9.64 Å². The molecule has 2 fully saturated rings. The van der Waals surface area contributed by atoms with Gasteiger partial charge in [0.2, 0.25) is 10.0 Å². The van der Waals surface area contributed by atoms with Crippen molar-refractivity contribution in [3.8, 4) is 0 Å². The van der Waals surface area contributed by atoms with Gasteiger partial charge >= 0.3 is 0 Å². The molecule has 1 aliphatic carbocycles. The molecule has 1 aliphatic heterocycles. The summed E-state index contributed by atoms with van der Waals surface area (Å²) in [7, 11) is -2.32. The fraction of sp³-hybridized carbons (Fsp3) is 0.524. The summed E-state index contributed by atoms with van der Waals surface area (Å²) in [5.41, 5.74) is 1.27. The number of morpholine rings is 1. The summed E-state index contributed by atoms with van der Waals surface area (Å²) in [5, 5.41) is 3.17. The molecule has 0 bridgehead atoms. The molecule has 174 valence electrons. The summed E-state index contributed by atoms with van der Waals surface area (Å²) in [5.74, 6) is -0.888. The van der Waals surface area contributed by atoms with E-state index in [0.717, 1.165) is 35.5 Å². The second kappa shape index (κ2) is 9.05. The molecule has 8 nitrogen and oxygen atoms in total. The van der Waals surface area contributed by atoms with E-state index < -0.39 is 26.6 Å². The minimum atomic E-state index is -4.11. The highest BCUT2D eigenvalue weighted by Crippen LogP contribution is 2.34. The highest BCUT2D eigenvalue weighted by Gasteiger charge is 2.32. The number of sulfonamides is 1. The second-order valence-electron chi connectivity index (χ2n) is 8.25. The van der Waals surface area contributed by atoms with Crippen LogP contribution in [0.15, 0.2) is 17.0 Å². The van der Waals surface area contributed by atoms with Crippen molar-refractivity contribution in [3.05, 3.63) is 34.1 Å². The van der Waals surface area contributed by atoms with Gasteiger partial charge in [0, 0.05) is 31.6 Å². The number of carbonyl (C=O) groups excluding carboxylic acids is 1. The van der Waals surface area contributed by atoms with Crippen LogP contribution in [0.1, 0.15) is 33.8 Å². The van der Waals surface area contributed by atoms with Crippen molar-refractivity contribution in [3.63, 3.8) is 0 Å². The highest BCUT2D eigenvalue weighted by molar-refractivity contribution is 7.89. The normalized spacial score (nSPS) is 17.4. The number of nitrogens with zero attached hydrogens (tertiary/aromatic N) is 3. The summed E-state index contributed by atoms with van der Waals surface area (Å²) in [6.07, 6.45) is 2.19. The van der Waals surface area contributed by atoms with E-state index in [4.69, 9.17) is 4.74 Å². The Labute approximate surface area is 191 Å². The molecule has 2 aromatic rings. The van der Waals surface area contributed by atoms with E-state index in [1.807, 2.05) is 18.7 Å². The molecular formula is C21H27FN4O4S2. The number of benzene rings is 1. The zero-order valence-electron chi connectivity index (χ0n) is 18.4. The zero-order valence-corrected chi connectivity index (χ0v) is 20.0. The Morgan fingerprint density at radius 1 is 1.31 bits per heavy atom. The molecule has 0 spiro atoms. The van der Waals surface area contributed by atoms with E-state index in [9.17, 15) is 13.2 Å². The zero-order chi connectivity index (χ0) is 23.0. The smallest absolute Gasteiger partial charge is 0.259 e. The first-order valence-electron chi connectivity index (χ1n) is 10.5. The van der Waals surface area contributed by atoms with Crippen LogP contribution in [-0.4, -0.2) is 63.5 Å². The van der Waals surface area contributed by atoms with Gasteiger partial charge in [-0.3, -0.25) is 10.1 Å². The molecule has 1 amide bonds. The lowest BCUT2D eigenvalue weighted by molar-refractivity contribution is 0.0729. The average Bonchev–Trinajstić information content (AvgIpc) is 3.51. The van der Waals surface area contributed by atoms with Gasteiger partial charge in [-0.2, -0.15) is 4.31 Å². The summed E-state index contributed by atoms with van der Waals surface area (Å²) in [6, 6.07) is 2.31. The molecule has 2 heterocycles. The van der Waals surface area contributed by atoms with Gasteiger partial charge in [0.15, 0.2) is 5.13 Å². The first kappa shape index (κ1) is 23.1. The van der Waals surface area contributed by atoms with E-state index in [1.165, 1.54) is 15.6 Å². The lowest BCUT2D eigenvalue weighted by Gasteiger charge is -2.27. The van der Waals surface area contributed by atoms with Crippen LogP contribution in [0.2, 0.25) is 0 Å². The van der Waals surface area contributed by atoms with Crippen molar-refractivity contribution >= 4 is 38.1 Å². The molecule has 1 saturated heterocycles. The van der Waals surface area contributed by atoms with Crippen LogP contribution in [0.3, 0.4) is 0 Å². The maximum absolute atomic E-state index is 15.1. The number of hydrogen-bond donors (Lipinski definition) is 1. The Bertz CT molecular complexity index is 1110. The predicted molar refractivity (Wildman–Crippen MR) is 122 cm³/mol. The Kier molecular flexibility index (Phi) is 6.53. The lowest BCUT2D eigenvalue weighted by atomic mass is 10.1. The molecular weight excluding hydrogens is 455 g/mol. The number of ether oxygens (including phenoxy) is 1. The van der Waals surface area contributed by atoms with Crippen molar-refractivity contribution in [1.82, 2.24) is 9.29 Å². The summed E-state index contributed by atoms with van der Waals surface area (Å²) in [6.45, 7) is 5.21. The van der Waals surface area contributed by atoms with E-state index in [2.05, 4.69) is 10.3 Å². The first-order chi connectivity index (χ1) is 15.2. The van der Waals surface area contributed by atoms with Crippen LogP contribution < -0.4 is 10.2 Å². The van der Waals surface area contributed by atoms with Crippen LogP contribution in [-0.2, 0) is 14.8 Å². The van der Waals surface area contributed by atoms with Crippen LogP contribution in [0.25, 0.3) is 0 Å². The molecule has 2 aliphatic rings. The minimum absolute atomic E-state index is 0.104. The van der Waals surface area contributed by atoms with E-state index >= 15 is 4.39 Å². The maximum atomic E-state index is 15.1. The van der Waals surface area contributed by atoms with E-state index in [-0.39, 0.29) is 31.9 Å². The van der Waals surface area contributed by atoms with Gasteiger partial charge in [0.25, 0.3) is 5.91 Å². The van der Waals surface area contributed by atoms with Crippen molar-refractivity contribution in [2.45, 2.75) is 31.6 Å². The number of aryl methyl sites for hydroxylation is 2. The second-order valence-corrected chi connectivity index (χ2v) is 11.4. The number of halogens is 1. The number of aromatic nitrogens is 1. The third-order valence-electron chi connectivity index (χ3n) is 5.77. The molecule has 1 saturated carbocycles. The van der Waals surface area contributed by atoms with Crippen LogP contribution in [0.4, 0.5) is 15.2 Å². The number of carbonyl (C=O) groups is 1. The molecule has 0 atom stereocenters. The van der Waals surface area contributed by atoms with Crippen molar-refractivity contribution in [2.24, 2.45) is 5.92 Å². The number of thiazole rings is 1. The SMILES string of the molecule is Cc1nc(NC(=O)c2cc(S(=O)(=O)N3CCOCC3)c(F)cc2N(C)CC2CC2)sc1C. The third-order valence-corrected chi connectivity index (χ3v) is 8.67. The Morgan fingerprint density at radius 2 is 2.00 bits per heavy atom. The molecule has 32 heavy (non-hydrogen) atoms. The Balaban J connectivity index is 1.73. The summed E-state index contributed by atoms with van der Waals surface area (Å²) >= 11 is 1.34. The first-order valence-corrected chi connectivity index (χ1v) is 12.8. The minimum Gasteiger partial charge on any atom is -0.379 e. The van der Waals surface area contributed by atoms with Crippen LogP contribution in [0.5, 0.6) is 0 Å². The van der Waals surface area contributed by atoms with Crippen molar-refractivity contribution in [1.29, 1.82) is 0 Å². The Morgan fingerprint density at radius 3 is 2.59 bits per heavy atom. The molecule has 4 rings (SSSR count). The number of anilines is 2. The standard InChI is InChI=1S/C21H27FN4O4S2/c1-13-14(2)31-21(23-13)24-20(27)16-10-19(32(28,29)26-6-8-30-9-7-26)17(22)11-18(16)25(3)12-15-4-5-15/h10-11,15H,4-9,12H2,1-3H3,(H,23,24,27). The maximum Gasteiger partial charge on any atom is 0.259 e. The molecule has 11 heteroatoms. The van der Waals surface area contributed by atoms with Crippen molar-refractivity contribution in [2.75, 3.05) is 50.1 Å². The molecule has 0 radical (unpaired) electrons. The number of amides is 1. The van der Waals surface area contributed by atoms with Crippen LogP contribution >= 0.6 is 11.3 Å². The average molecular weight is 483 g/mol. The van der Waals surface area contributed by atoms with Crippen LogP contribution in [0, 0.1) is 25.6 Å². The lowest BCUT2D eigenvalue weighted by Crippen LogP contribution is -2.41. The Hall–Kier alpha value is -2.08. The van der Waals surface area contributed by atoms with E-state index in [1.54, 1.807) is 7.05 Å². The third kappa shape index (κ3) is 4.80. The van der Waals surface area contributed by atoms with E-state index in [0.29, 0.717) is 23.3 Å². The fourth-order valence-corrected chi connectivity index (χ4v) is 5.93. The predicted octanol–water partition coefficient (Wildman–Crippen LogP) is 3.02. The van der Waals surface area contributed by atoms with Gasteiger partial charge in [-0.1, -0.05) is 0 Å². The van der Waals surface area contributed by atoms with Gasteiger partial charge in [-0.15, -0.1) is 11.3 Å². The number of nitrogens with one attached hydrogen (secondary N) is 1. The van der Waals surface area contributed by atoms with Gasteiger partial charge in [-0.05, 0) is 44.7 Å². The molecule has 0 unspecified atom stereocenters. The molecule has 1 N–H and O–H groups in total. The summed E-state index contributed by atoms with van der Waals surface area (Å²) < 4.78 is 47.8. The topological polar surface area (TPSA) is 91.8 Å². The van der Waals surface area contributed by atoms with Gasteiger partial charge in [0.1, 0.15) is 10.7 Å². The van der Waals surface area contributed by atoms with Crippen molar-refractivity contribution < 1.29 is 22.3 Å². The fourth-order valence-electron chi connectivity index (χ4n) is 3.64.